The summed E-state index contributed by atoms with van der Waals surface area (Å²) in [6.07, 6.45) is 0. The maximum atomic E-state index is 11.7. The van der Waals surface area contributed by atoms with E-state index in [2.05, 4.69) is 4.72 Å². The molecule has 0 amide bonds. The van der Waals surface area contributed by atoms with Crippen LogP contribution in [0.1, 0.15) is 18.1 Å². The number of sulfonamides is 1. The fourth-order valence-electron chi connectivity index (χ4n) is 1.35. The zero-order valence-corrected chi connectivity index (χ0v) is 10.2. The Morgan fingerprint density at radius 1 is 1.47 bits per heavy atom. The van der Waals surface area contributed by atoms with E-state index >= 15 is 0 Å². The van der Waals surface area contributed by atoms with E-state index in [0.717, 1.165) is 0 Å². The third kappa shape index (κ3) is 4.15. The number of nitrogens with zero attached hydrogens (tertiary/aromatic N) is 1. The highest BCUT2D eigenvalue weighted by Gasteiger charge is 2.16. The number of nitrogens with one attached hydrogen (secondary N) is 1. The van der Waals surface area contributed by atoms with E-state index in [1.165, 1.54) is 0 Å². The number of benzene rings is 1. The third-order valence-electron chi connectivity index (χ3n) is 2.14. The van der Waals surface area contributed by atoms with Gasteiger partial charge in [0.15, 0.2) is 0 Å². The maximum Gasteiger partial charge on any atom is 0.216 e. The molecule has 1 rings (SSSR count). The molecule has 0 spiro atoms. The van der Waals surface area contributed by atoms with Crippen molar-refractivity contribution in [2.75, 3.05) is 6.61 Å². The van der Waals surface area contributed by atoms with E-state index in [1.54, 1.807) is 31.2 Å². The molecular formula is C11H14N2O3S. The molecule has 17 heavy (non-hydrogen) atoms. The van der Waals surface area contributed by atoms with Gasteiger partial charge in [0.1, 0.15) is 0 Å². The number of rotatable bonds is 5. The van der Waals surface area contributed by atoms with Crippen molar-refractivity contribution in [1.82, 2.24) is 4.72 Å². The topological polar surface area (TPSA) is 90.2 Å². The second-order valence-electron chi connectivity index (χ2n) is 3.73. The van der Waals surface area contributed by atoms with Gasteiger partial charge in [0, 0.05) is 6.04 Å². The predicted molar refractivity (Wildman–Crippen MR) is 63.5 cm³/mol. The monoisotopic (exact) mass is 254 g/mol. The molecule has 1 aromatic rings. The van der Waals surface area contributed by atoms with Gasteiger partial charge in [-0.3, -0.25) is 0 Å². The van der Waals surface area contributed by atoms with E-state index in [4.69, 9.17) is 10.4 Å². The third-order valence-corrected chi connectivity index (χ3v) is 3.59. The lowest BCUT2D eigenvalue weighted by atomic mass is 10.1. The van der Waals surface area contributed by atoms with Crippen LogP contribution in [0, 0.1) is 11.3 Å². The largest absolute Gasteiger partial charge is 0.395 e. The van der Waals surface area contributed by atoms with Crippen LogP contribution < -0.4 is 4.72 Å². The minimum absolute atomic E-state index is 0.263. The van der Waals surface area contributed by atoms with Crippen LogP contribution in [0.3, 0.4) is 0 Å². The van der Waals surface area contributed by atoms with Crippen molar-refractivity contribution < 1.29 is 13.5 Å². The predicted octanol–water partition coefficient (Wildman–Crippen LogP) is 0.358. The van der Waals surface area contributed by atoms with Crippen molar-refractivity contribution in [3.05, 3.63) is 35.4 Å². The second kappa shape index (κ2) is 5.77. The van der Waals surface area contributed by atoms with Crippen molar-refractivity contribution >= 4 is 10.0 Å². The van der Waals surface area contributed by atoms with Crippen LogP contribution in [0.25, 0.3) is 0 Å². The standard InChI is InChI=1S/C11H14N2O3S/c1-9(7-14)13-17(15,16)8-11-5-3-2-4-10(11)6-12/h2-5,9,13-14H,7-8H2,1H3. The Hall–Kier alpha value is -1.42. The molecule has 1 unspecified atom stereocenters. The lowest BCUT2D eigenvalue weighted by Crippen LogP contribution is -2.35. The second-order valence-corrected chi connectivity index (χ2v) is 5.48. The highest BCUT2D eigenvalue weighted by atomic mass is 32.2. The Labute approximate surface area is 101 Å². The van der Waals surface area contributed by atoms with Gasteiger partial charge in [0.05, 0.1) is 24.0 Å². The zero-order chi connectivity index (χ0) is 12.9. The molecule has 0 aliphatic carbocycles. The molecule has 0 aliphatic rings. The molecule has 0 fully saturated rings. The molecule has 0 aliphatic heterocycles. The summed E-state index contributed by atoms with van der Waals surface area (Å²) in [5, 5.41) is 17.6. The van der Waals surface area contributed by atoms with Gasteiger partial charge >= 0.3 is 0 Å². The Morgan fingerprint density at radius 2 is 2.12 bits per heavy atom. The molecule has 0 bridgehead atoms. The molecule has 0 saturated heterocycles. The van der Waals surface area contributed by atoms with Crippen molar-refractivity contribution in [1.29, 1.82) is 5.26 Å². The van der Waals surface area contributed by atoms with Gasteiger partial charge in [0.25, 0.3) is 0 Å². The molecule has 6 heteroatoms. The molecule has 0 saturated carbocycles. The minimum atomic E-state index is -3.54. The van der Waals surface area contributed by atoms with E-state index in [1.807, 2.05) is 6.07 Å². The first-order valence-corrected chi connectivity index (χ1v) is 6.72. The molecule has 5 nitrogen and oxygen atoms in total. The zero-order valence-electron chi connectivity index (χ0n) is 9.42. The quantitative estimate of drug-likeness (QED) is 0.793. The van der Waals surface area contributed by atoms with Crippen molar-refractivity contribution in [2.45, 2.75) is 18.7 Å². The summed E-state index contributed by atoms with van der Waals surface area (Å²) < 4.78 is 25.7. The number of aliphatic hydroxyl groups excluding tert-OH is 1. The molecule has 1 aromatic carbocycles. The summed E-state index contributed by atoms with van der Waals surface area (Å²) in [6.45, 7) is 1.30. The Morgan fingerprint density at radius 3 is 2.71 bits per heavy atom. The van der Waals surface area contributed by atoms with Crippen LogP contribution in [0.5, 0.6) is 0 Å². The van der Waals surface area contributed by atoms with Gasteiger partial charge in [-0.2, -0.15) is 5.26 Å². The van der Waals surface area contributed by atoms with Gasteiger partial charge in [0.2, 0.25) is 10.0 Å². The average molecular weight is 254 g/mol. The molecule has 0 heterocycles. The molecule has 1 atom stereocenters. The molecule has 2 N–H and O–H groups in total. The molecular weight excluding hydrogens is 240 g/mol. The lowest BCUT2D eigenvalue weighted by molar-refractivity contribution is 0.265. The number of hydrogen-bond acceptors (Lipinski definition) is 4. The fourth-order valence-corrected chi connectivity index (χ4v) is 2.78. The summed E-state index contributed by atoms with van der Waals surface area (Å²) in [6, 6.07) is 7.94. The van der Waals surface area contributed by atoms with Crippen LogP contribution in [0.2, 0.25) is 0 Å². The first kappa shape index (κ1) is 13.6. The number of nitriles is 1. The van der Waals surface area contributed by atoms with Crippen molar-refractivity contribution in [3.63, 3.8) is 0 Å². The Kier molecular flexibility index (Phi) is 4.63. The van der Waals surface area contributed by atoms with Crippen LogP contribution in [0.15, 0.2) is 24.3 Å². The maximum absolute atomic E-state index is 11.7. The van der Waals surface area contributed by atoms with Crippen molar-refractivity contribution in [2.24, 2.45) is 0 Å². The smallest absolute Gasteiger partial charge is 0.216 e. The van der Waals surface area contributed by atoms with Gasteiger partial charge in [-0.25, -0.2) is 13.1 Å². The van der Waals surface area contributed by atoms with Gasteiger partial charge in [-0.1, -0.05) is 18.2 Å². The van der Waals surface area contributed by atoms with Crippen LogP contribution in [0.4, 0.5) is 0 Å². The van der Waals surface area contributed by atoms with Crippen LogP contribution >= 0.6 is 0 Å². The van der Waals surface area contributed by atoms with Gasteiger partial charge < -0.3 is 5.11 Å². The minimum Gasteiger partial charge on any atom is -0.395 e. The summed E-state index contributed by atoms with van der Waals surface area (Å²) in [4.78, 5) is 0. The Balaban J connectivity index is 2.88. The van der Waals surface area contributed by atoms with Crippen LogP contribution in [-0.4, -0.2) is 26.2 Å². The SMILES string of the molecule is CC(CO)NS(=O)(=O)Cc1ccccc1C#N. The fraction of sp³-hybridized carbons (Fsp3) is 0.364. The summed E-state index contributed by atoms with van der Waals surface area (Å²) in [7, 11) is -3.54. The van der Waals surface area contributed by atoms with E-state index in [9.17, 15) is 8.42 Å². The normalized spacial score (nSPS) is 13.0. The Bertz CT molecular complexity index is 520. The average Bonchev–Trinajstić information content (AvgIpc) is 2.28. The summed E-state index contributed by atoms with van der Waals surface area (Å²) >= 11 is 0. The first-order chi connectivity index (χ1) is 7.98. The molecule has 0 aromatic heterocycles. The van der Waals surface area contributed by atoms with Crippen molar-refractivity contribution in [3.8, 4) is 6.07 Å². The highest BCUT2D eigenvalue weighted by Crippen LogP contribution is 2.11. The summed E-state index contributed by atoms with van der Waals surface area (Å²) in [5.41, 5.74) is 0.794. The van der Waals surface area contributed by atoms with E-state index < -0.39 is 16.1 Å². The van der Waals surface area contributed by atoms with E-state index in [-0.39, 0.29) is 12.4 Å². The van der Waals surface area contributed by atoms with E-state index in [0.29, 0.717) is 11.1 Å². The molecule has 92 valence electrons. The van der Waals surface area contributed by atoms with Crippen LogP contribution in [-0.2, 0) is 15.8 Å². The number of aliphatic hydroxyl groups is 1. The van der Waals surface area contributed by atoms with Gasteiger partial charge in [-0.05, 0) is 18.6 Å². The first-order valence-electron chi connectivity index (χ1n) is 5.07. The number of hydrogen-bond donors (Lipinski definition) is 2. The lowest BCUT2D eigenvalue weighted by Gasteiger charge is -2.11. The van der Waals surface area contributed by atoms with Gasteiger partial charge in [-0.15, -0.1) is 0 Å². The summed E-state index contributed by atoms with van der Waals surface area (Å²) in [5.74, 6) is -0.263. The molecule has 0 radical (unpaired) electrons. The highest BCUT2D eigenvalue weighted by molar-refractivity contribution is 7.88.